The van der Waals surface area contributed by atoms with Crippen LogP contribution in [-0.4, -0.2) is 22.5 Å². The third-order valence-electron chi connectivity index (χ3n) is 3.18. The Bertz CT molecular complexity index is 386. The van der Waals surface area contributed by atoms with Crippen LogP contribution in [0.25, 0.3) is 0 Å². The first-order valence-electron chi connectivity index (χ1n) is 5.90. The van der Waals surface area contributed by atoms with Gasteiger partial charge >= 0.3 is 0 Å². The summed E-state index contributed by atoms with van der Waals surface area (Å²) < 4.78 is 1.17. The predicted molar refractivity (Wildman–Crippen MR) is 81.5 cm³/mol. The first-order chi connectivity index (χ1) is 8.15. The van der Waals surface area contributed by atoms with Gasteiger partial charge < -0.3 is 5.73 Å². The van der Waals surface area contributed by atoms with E-state index in [2.05, 4.69) is 32.3 Å². The molecule has 1 saturated carbocycles. The molecule has 2 rings (SSSR count). The maximum Gasteiger partial charge on any atom is 0.0870 e. The molecule has 0 aromatic carbocycles. The SMILES string of the molecule is NC(=S)CN(Cc1cc(Br)cs1)C1CCCC1. The number of thiocarbonyl (C=S) groups is 1. The van der Waals surface area contributed by atoms with Gasteiger partial charge in [0.05, 0.1) is 4.99 Å². The van der Waals surface area contributed by atoms with Crippen LogP contribution in [0, 0.1) is 0 Å². The summed E-state index contributed by atoms with van der Waals surface area (Å²) in [6.45, 7) is 1.72. The van der Waals surface area contributed by atoms with E-state index in [0.29, 0.717) is 11.0 Å². The van der Waals surface area contributed by atoms with Crippen LogP contribution >= 0.6 is 39.5 Å². The largest absolute Gasteiger partial charge is 0.392 e. The molecule has 0 atom stereocenters. The van der Waals surface area contributed by atoms with Crippen molar-refractivity contribution in [3.8, 4) is 0 Å². The van der Waals surface area contributed by atoms with Gasteiger partial charge in [-0.3, -0.25) is 4.90 Å². The molecule has 0 amide bonds. The van der Waals surface area contributed by atoms with E-state index in [-0.39, 0.29) is 0 Å². The highest BCUT2D eigenvalue weighted by Crippen LogP contribution is 2.27. The van der Waals surface area contributed by atoms with E-state index in [1.165, 1.54) is 35.0 Å². The Morgan fingerprint density at radius 2 is 2.24 bits per heavy atom. The summed E-state index contributed by atoms with van der Waals surface area (Å²) in [7, 11) is 0. The van der Waals surface area contributed by atoms with Gasteiger partial charge in [-0.2, -0.15) is 0 Å². The predicted octanol–water partition coefficient (Wildman–Crippen LogP) is 3.54. The number of nitrogens with two attached hydrogens (primary N) is 1. The van der Waals surface area contributed by atoms with Crippen molar-refractivity contribution in [3.05, 3.63) is 20.8 Å². The molecule has 1 aliphatic rings. The van der Waals surface area contributed by atoms with Crippen molar-refractivity contribution in [2.75, 3.05) is 6.54 Å². The molecule has 0 aliphatic heterocycles. The van der Waals surface area contributed by atoms with Crippen LogP contribution in [0.2, 0.25) is 0 Å². The lowest BCUT2D eigenvalue weighted by atomic mass is 10.2. The molecule has 0 spiro atoms. The fourth-order valence-corrected chi connectivity index (χ4v) is 4.06. The minimum Gasteiger partial charge on any atom is -0.392 e. The molecule has 1 fully saturated rings. The Balaban J connectivity index is 2.01. The number of nitrogens with zero attached hydrogens (tertiary/aromatic N) is 1. The van der Waals surface area contributed by atoms with Crippen molar-refractivity contribution in [2.45, 2.75) is 38.3 Å². The van der Waals surface area contributed by atoms with Crippen LogP contribution in [-0.2, 0) is 6.54 Å². The highest BCUT2D eigenvalue weighted by Gasteiger charge is 2.23. The minimum atomic E-state index is 0.604. The van der Waals surface area contributed by atoms with Gasteiger partial charge in [0, 0.05) is 33.9 Å². The first kappa shape index (κ1) is 13.5. The standard InChI is InChI=1S/C12H17BrN2S2/c13-9-5-11(17-8-9)6-15(7-12(14)16)10-3-1-2-4-10/h5,8,10H,1-4,6-7H2,(H2,14,16). The summed E-state index contributed by atoms with van der Waals surface area (Å²) in [6.07, 6.45) is 5.25. The Kier molecular flexibility index (Phi) is 4.97. The van der Waals surface area contributed by atoms with Gasteiger partial charge in [0.2, 0.25) is 0 Å². The highest BCUT2D eigenvalue weighted by atomic mass is 79.9. The summed E-state index contributed by atoms with van der Waals surface area (Å²) in [5.74, 6) is 0. The summed E-state index contributed by atoms with van der Waals surface area (Å²) in [5.41, 5.74) is 5.70. The topological polar surface area (TPSA) is 29.3 Å². The molecule has 1 aliphatic carbocycles. The molecular formula is C12H17BrN2S2. The van der Waals surface area contributed by atoms with E-state index in [9.17, 15) is 0 Å². The van der Waals surface area contributed by atoms with Crippen molar-refractivity contribution in [3.63, 3.8) is 0 Å². The maximum atomic E-state index is 5.70. The summed E-state index contributed by atoms with van der Waals surface area (Å²) in [4.78, 5) is 4.42. The van der Waals surface area contributed by atoms with Crippen LogP contribution in [0.1, 0.15) is 30.6 Å². The number of hydrogen-bond donors (Lipinski definition) is 1. The lowest BCUT2D eigenvalue weighted by Crippen LogP contribution is -2.38. The molecule has 5 heteroatoms. The molecule has 2 nitrogen and oxygen atoms in total. The summed E-state index contributed by atoms with van der Waals surface area (Å²) in [6, 6.07) is 2.85. The molecule has 0 saturated heterocycles. The van der Waals surface area contributed by atoms with E-state index in [1.54, 1.807) is 11.3 Å². The average Bonchev–Trinajstić information content (AvgIpc) is 2.87. The molecule has 0 radical (unpaired) electrons. The zero-order valence-electron chi connectivity index (χ0n) is 9.69. The van der Waals surface area contributed by atoms with Gasteiger partial charge in [-0.25, -0.2) is 0 Å². The molecule has 2 N–H and O–H groups in total. The van der Waals surface area contributed by atoms with Crippen molar-refractivity contribution < 1.29 is 0 Å². The van der Waals surface area contributed by atoms with Gasteiger partial charge in [-0.05, 0) is 34.8 Å². The Morgan fingerprint density at radius 1 is 1.53 bits per heavy atom. The van der Waals surface area contributed by atoms with Gasteiger partial charge in [-0.1, -0.05) is 25.1 Å². The molecule has 94 valence electrons. The molecule has 0 unspecified atom stereocenters. The van der Waals surface area contributed by atoms with E-state index in [1.807, 2.05) is 0 Å². The fraction of sp³-hybridized carbons (Fsp3) is 0.583. The molecular weight excluding hydrogens is 316 g/mol. The second-order valence-corrected chi connectivity index (χ2v) is 6.98. The van der Waals surface area contributed by atoms with E-state index >= 15 is 0 Å². The fourth-order valence-electron chi connectivity index (χ4n) is 2.42. The third-order valence-corrected chi connectivity index (χ3v) is 4.99. The van der Waals surface area contributed by atoms with Crippen molar-refractivity contribution in [2.24, 2.45) is 5.73 Å². The molecule has 17 heavy (non-hydrogen) atoms. The maximum absolute atomic E-state index is 5.70. The smallest absolute Gasteiger partial charge is 0.0870 e. The number of rotatable bonds is 5. The van der Waals surface area contributed by atoms with E-state index < -0.39 is 0 Å². The monoisotopic (exact) mass is 332 g/mol. The molecule has 0 bridgehead atoms. The zero-order valence-corrected chi connectivity index (χ0v) is 12.9. The average molecular weight is 333 g/mol. The van der Waals surface area contributed by atoms with Crippen LogP contribution in [0.5, 0.6) is 0 Å². The molecule has 1 aromatic heterocycles. The van der Waals surface area contributed by atoms with Crippen LogP contribution in [0.15, 0.2) is 15.9 Å². The zero-order chi connectivity index (χ0) is 12.3. The Labute approximate surface area is 120 Å². The van der Waals surface area contributed by atoms with E-state index in [4.69, 9.17) is 18.0 Å². The van der Waals surface area contributed by atoms with Gasteiger partial charge in [0.25, 0.3) is 0 Å². The van der Waals surface area contributed by atoms with Gasteiger partial charge in [0.15, 0.2) is 0 Å². The second-order valence-electron chi connectivity index (χ2n) is 4.54. The summed E-state index contributed by atoms with van der Waals surface area (Å²) in [5, 5.41) is 2.13. The van der Waals surface area contributed by atoms with Gasteiger partial charge in [0.1, 0.15) is 0 Å². The molecule has 1 heterocycles. The lowest BCUT2D eigenvalue weighted by Gasteiger charge is -2.27. The molecule has 1 aromatic rings. The normalized spacial score (nSPS) is 16.8. The van der Waals surface area contributed by atoms with E-state index in [0.717, 1.165) is 13.1 Å². The Hall–Kier alpha value is 0.0300. The summed E-state index contributed by atoms with van der Waals surface area (Å²) >= 11 is 10.3. The van der Waals surface area contributed by atoms with Gasteiger partial charge in [-0.15, -0.1) is 11.3 Å². The van der Waals surface area contributed by atoms with Crippen LogP contribution in [0.3, 0.4) is 0 Å². The number of hydrogen-bond acceptors (Lipinski definition) is 3. The lowest BCUT2D eigenvalue weighted by molar-refractivity contribution is 0.220. The Morgan fingerprint density at radius 3 is 2.76 bits per heavy atom. The van der Waals surface area contributed by atoms with Crippen LogP contribution in [0.4, 0.5) is 0 Å². The van der Waals surface area contributed by atoms with Crippen molar-refractivity contribution >= 4 is 44.5 Å². The second kappa shape index (κ2) is 6.27. The minimum absolute atomic E-state index is 0.604. The quantitative estimate of drug-likeness (QED) is 0.836. The van der Waals surface area contributed by atoms with Crippen molar-refractivity contribution in [1.82, 2.24) is 4.90 Å². The third kappa shape index (κ3) is 4.02. The van der Waals surface area contributed by atoms with Crippen LogP contribution < -0.4 is 5.73 Å². The first-order valence-corrected chi connectivity index (χ1v) is 7.98. The number of halogens is 1. The highest BCUT2D eigenvalue weighted by molar-refractivity contribution is 9.10. The number of thiophene rings is 1. The van der Waals surface area contributed by atoms with Crippen molar-refractivity contribution in [1.29, 1.82) is 0 Å².